The van der Waals surface area contributed by atoms with E-state index < -0.39 is 0 Å². The Kier molecular flexibility index (Phi) is 5.46. The van der Waals surface area contributed by atoms with Crippen LogP contribution in [0.25, 0.3) is 0 Å². The fourth-order valence-electron chi connectivity index (χ4n) is 2.32. The average molecular weight is 278 g/mol. The Balaban J connectivity index is 2.03. The van der Waals surface area contributed by atoms with Crippen LogP contribution in [0.4, 0.5) is 0 Å². The highest BCUT2D eigenvalue weighted by Gasteiger charge is 2.22. The Morgan fingerprint density at radius 1 is 1.45 bits per heavy atom. The zero-order valence-electron chi connectivity index (χ0n) is 13.0. The van der Waals surface area contributed by atoms with E-state index in [2.05, 4.69) is 41.1 Å². The molecular formula is C15H26N4O. The number of nitrogens with zero attached hydrogens (tertiary/aromatic N) is 3. The SMILES string of the molecule is Cc1cc(CNCC(C)C)nc(C2CN(C)CCO2)n1. The van der Waals surface area contributed by atoms with Gasteiger partial charge in [0.25, 0.3) is 0 Å². The van der Waals surface area contributed by atoms with Crippen LogP contribution in [-0.2, 0) is 11.3 Å². The molecule has 1 aromatic rings. The van der Waals surface area contributed by atoms with Crippen LogP contribution >= 0.6 is 0 Å². The fourth-order valence-corrected chi connectivity index (χ4v) is 2.32. The van der Waals surface area contributed by atoms with E-state index >= 15 is 0 Å². The molecule has 0 saturated carbocycles. The Bertz CT molecular complexity index is 436. The van der Waals surface area contributed by atoms with Gasteiger partial charge in [0, 0.05) is 25.3 Å². The van der Waals surface area contributed by atoms with Crippen LogP contribution < -0.4 is 5.32 Å². The average Bonchev–Trinajstić information content (AvgIpc) is 2.37. The molecule has 0 aromatic carbocycles. The number of hydrogen-bond donors (Lipinski definition) is 1. The summed E-state index contributed by atoms with van der Waals surface area (Å²) in [5.74, 6) is 1.46. The van der Waals surface area contributed by atoms with Crippen molar-refractivity contribution < 1.29 is 4.74 Å². The van der Waals surface area contributed by atoms with Crippen LogP contribution in [-0.4, -0.2) is 48.2 Å². The van der Waals surface area contributed by atoms with Gasteiger partial charge in [0.1, 0.15) is 6.10 Å². The minimum atomic E-state index is -0.00232. The van der Waals surface area contributed by atoms with Crippen molar-refractivity contribution in [2.24, 2.45) is 5.92 Å². The standard InChI is InChI=1S/C15H26N4O/c1-11(2)8-16-9-13-7-12(3)17-15(18-13)14-10-19(4)5-6-20-14/h7,11,14,16H,5-6,8-10H2,1-4H3. The molecular weight excluding hydrogens is 252 g/mol. The van der Waals surface area contributed by atoms with Crippen molar-refractivity contribution in [2.75, 3.05) is 33.3 Å². The van der Waals surface area contributed by atoms with E-state index in [0.29, 0.717) is 5.92 Å². The predicted molar refractivity (Wildman–Crippen MR) is 79.5 cm³/mol. The van der Waals surface area contributed by atoms with E-state index in [-0.39, 0.29) is 6.10 Å². The van der Waals surface area contributed by atoms with Gasteiger partial charge in [0.05, 0.1) is 12.3 Å². The molecule has 0 spiro atoms. The van der Waals surface area contributed by atoms with Crippen LogP contribution in [0.1, 0.15) is 37.2 Å². The molecule has 1 aliphatic heterocycles. The summed E-state index contributed by atoms with van der Waals surface area (Å²) < 4.78 is 5.80. The maximum absolute atomic E-state index is 5.80. The highest BCUT2D eigenvalue weighted by molar-refractivity contribution is 5.12. The van der Waals surface area contributed by atoms with Gasteiger partial charge in [0.2, 0.25) is 0 Å². The summed E-state index contributed by atoms with van der Waals surface area (Å²) in [5.41, 5.74) is 2.05. The lowest BCUT2D eigenvalue weighted by atomic mass is 10.2. The second-order valence-corrected chi connectivity index (χ2v) is 6.01. The lowest BCUT2D eigenvalue weighted by molar-refractivity contribution is -0.0256. The molecule has 0 aliphatic carbocycles. The molecule has 0 radical (unpaired) electrons. The van der Waals surface area contributed by atoms with Crippen LogP contribution in [0, 0.1) is 12.8 Å². The largest absolute Gasteiger partial charge is 0.368 e. The number of aromatic nitrogens is 2. The number of morpholine rings is 1. The summed E-state index contributed by atoms with van der Waals surface area (Å²) >= 11 is 0. The van der Waals surface area contributed by atoms with Crippen molar-refractivity contribution in [1.82, 2.24) is 20.2 Å². The van der Waals surface area contributed by atoms with Crippen molar-refractivity contribution in [3.8, 4) is 0 Å². The summed E-state index contributed by atoms with van der Waals surface area (Å²) in [6.07, 6.45) is -0.00232. The second-order valence-electron chi connectivity index (χ2n) is 6.01. The van der Waals surface area contributed by atoms with Gasteiger partial charge in [-0.3, -0.25) is 0 Å². The number of hydrogen-bond acceptors (Lipinski definition) is 5. The van der Waals surface area contributed by atoms with Gasteiger partial charge in [-0.05, 0) is 32.5 Å². The zero-order chi connectivity index (χ0) is 14.5. The van der Waals surface area contributed by atoms with Crippen LogP contribution in [0.5, 0.6) is 0 Å². The molecule has 2 rings (SSSR count). The summed E-state index contributed by atoms with van der Waals surface area (Å²) in [7, 11) is 2.11. The molecule has 5 nitrogen and oxygen atoms in total. The van der Waals surface area contributed by atoms with Gasteiger partial charge >= 0.3 is 0 Å². The third kappa shape index (κ3) is 4.51. The summed E-state index contributed by atoms with van der Waals surface area (Å²) in [6, 6.07) is 2.05. The molecule has 1 N–H and O–H groups in total. The van der Waals surface area contributed by atoms with Gasteiger partial charge in [-0.2, -0.15) is 0 Å². The number of rotatable bonds is 5. The molecule has 0 amide bonds. The molecule has 1 atom stereocenters. The number of ether oxygens (including phenoxy) is 1. The quantitative estimate of drug-likeness (QED) is 0.885. The molecule has 1 aliphatic rings. The number of aryl methyl sites for hydroxylation is 1. The van der Waals surface area contributed by atoms with Crippen molar-refractivity contribution in [3.05, 3.63) is 23.3 Å². The molecule has 20 heavy (non-hydrogen) atoms. The Labute approximate surface area is 121 Å². The first-order chi connectivity index (χ1) is 9.54. The Hall–Kier alpha value is -1.04. The van der Waals surface area contributed by atoms with Gasteiger partial charge in [-0.15, -0.1) is 0 Å². The Morgan fingerprint density at radius 3 is 2.95 bits per heavy atom. The first-order valence-electron chi connectivity index (χ1n) is 7.40. The lowest BCUT2D eigenvalue weighted by Gasteiger charge is -2.29. The van der Waals surface area contributed by atoms with Crippen LogP contribution in [0.15, 0.2) is 6.07 Å². The van der Waals surface area contributed by atoms with Crippen molar-refractivity contribution in [2.45, 2.75) is 33.4 Å². The first-order valence-corrected chi connectivity index (χ1v) is 7.40. The van der Waals surface area contributed by atoms with Gasteiger partial charge < -0.3 is 15.0 Å². The van der Waals surface area contributed by atoms with Crippen LogP contribution in [0.2, 0.25) is 0 Å². The van der Waals surface area contributed by atoms with E-state index in [1.807, 2.05) is 13.0 Å². The van der Waals surface area contributed by atoms with E-state index in [1.54, 1.807) is 0 Å². The summed E-state index contributed by atoms with van der Waals surface area (Å²) in [6.45, 7) is 10.8. The molecule has 5 heteroatoms. The lowest BCUT2D eigenvalue weighted by Crippen LogP contribution is -2.36. The summed E-state index contributed by atoms with van der Waals surface area (Å²) in [4.78, 5) is 11.5. The minimum Gasteiger partial charge on any atom is -0.368 e. The van der Waals surface area contributed by atoms with Crippen molar-refractivity contribution >= 4 is 0 Å². The van der Waals surface area contributed by atoms with E-state index in [1.165, 1.54) is 0 Å². The molecule has 112 valence electrons. The van der Waals surface area contributed by atoms with Crippen molar-refractivity contribution in [1.29, 1.82) is 0 Å². The first kappa shape index (κ1) is 15.4. The maximum atomic E-state index is 5.80. The fraction of sp³-hybridized carbons (Fsp3) is 0.733. The molecule has 1 aromatic heterocycles. The third-order valence-electron chi connectivity index (χ3n) is 3.34. The molecule has 2 heterocycles. The highest BCUT2D eigenvalue weighted by Crippen LogP contribution is 2.18. The van der Waals surface area contributed by atoms with Gasteiger partial charge in [0.15, 0.2) is 5.82 Å². The van der Waals surface area contributed by atoms with E-state index in [0.717, 1.165) is 50.0 Å². The monoisotopic (exact) mass is 278 g/mol. The molecule has 0 bridgehead atoms. The van der Waals surface area contributed by atoms with Gasteiger partial charge in [-0.25, -0.2) is 9.97 Å². The van der Waals surface area contributed by atoms with Crippen LogP contribution in [0.3, 0.4) is 0 Å². The topological polar surface area (TPSA) is 50.3 Å². The zero-order valence-corrected chi connectivity index (χ0v) is 13.0. The summed E-state index contributed by atoms with van der Waals surface area (Å²) in [5, 5.41) is 3.43. The third-order valence-corrected chi connectivity index (χ3v) is 3.34. The smallest absolute Gasteiger partial charge is 0.158 e. The van der Waals surface area contributed by atoms with E-state index in [9.17, 15) is 0 Å². The van der Waals surface area contributed by atoms with Crippen molar-refractivity contribution in [3.63, 3.8) is 0 Å². The second kappa shape index (κ2) is 7.11. The highest BCUT2D eigenvalue weighted by atomic mass is 16.5. The predicted octanol–water partition coefficient (Wildman–Crippen LogP) is 1.53. The van der Waals surface area contributed by atoms with E-state index in [4.69, 9.17) is 4.74 Å². The Morgan fingerprint density at radius 2 is 2.25 bits per heavy atom. The molecule has 1 fully saturated rings. The molecule has 1 saturated heterocycles. The maximum Gasteiger partial charge on any atom is 0.158 e. The number of nitrogens with one attached hydrogen (secondary N) is 1. The molecule has 1 unspecified atom stereocenters. The van der Waals surface area contributed by atoms with Gasteiger partial charge in [-0.1, -0.05) is 13.8 Å². The normalized spacial score (nSPS) is 20.6. The number of likely N-dealkylation sites (N-methyl/N-ethyl adjacent to an activating group) is 1. The minimum absolute atomic E-state index is 0.00232.